The van der Waals surface area contributed by atoms with E-state index in [9.17, 15) is 17.6 Å². The Morgan fingerprint density at radius 1 is 0.556 bits per heavy atom. The van der Waals surface area contributed by atoms with Gasteiger partial charge in [-0.2, -0.15) is 0 Å². The van der Waals surface area contributed by atoms with Crippen molar-refractivity contribution < 1.29 is 17.6 Å². The molecule has 0 bridgehead atoms. The Kier molecular flexibility index (Phi) is 4.40. The van der Waals surface area contributed by atoms with Crippen LogP contribution in [0.15, 0.2) is 72.8 Å². The van der Waals surface area contributed by atoms with Gasteiger partial charge in [0.2, 0.25) is 0 Å². The van der Waals surface area contributed by atoms with E-state index in [1.165, 1.54) is 6.07 Å². The predicted molar refractivity (Wildman–Crippen MR) is 98.5 cm³/mol. The van der Waals surface area contributed by atoms with E-state index in [-0.39, 0.29) is 12.0 Å². The Bertz CT molecular complexity index is 1100. The summed E-state index contributed by atoms with van der Waals surface area (Å²) >= 11 is 0. The Balaban J connectivity index is 1.93. The second-order valence-electron chi connectivity index (χ2n) is 6.30. The molecule has 0 radical (unpaired) electrons. The van der Waals surface area contributed by atoms with Crippen LogP contribution in [0.5, 0.6) is 0 Å². The molecule has 0 N–H and O–H groups in total. The van der Waals surface area contributed by atoms with Gasteiger partial charge >= 0.3 is 0 Å². The Hall–Kier alpha value is -3.14. The summed E-state index contributed by atoms with van der Waals surface area (Å²) < 4.78 is 59.1. The Morgan fingerprint density at radius 3 is 1.85 bits per heavy atom. The van der Waals surface area contributed by atoms with Crippen molar-refractivity contribution in [2.75, 3.05) is 0 Å². The van der Waals surface area contributed by atoms with Gasteiger partial charge in [0.25, 0.3) is 0 Å². The van der Waals surface area contributed by atoms with Crippen molar-refractivity contribution in [2.45, 2.75) is 6.42 Å². The van der Waals surface area contributed by atoms with Crippen LogP contribution in [0, 0.1) is 23.3 Å². The van der Waals surface area contributed by atoms with Crippen LogP contribution in [0.25, 0.3) is 21.9 Å². The van der Waals surface area contributed by atoms with Gasteiger partial charge in [0, 0.05) is 12.0 Å². The first kappa shape index (κ1) is 17.3. The third-order valence-corrected chi connectivity index (χ3v) is 4.64. The van der Waals surface area contributed by atoms with Crippen molar-refractivity contribution in [3.63, 3.8) is 0 Å². The van der Waals surface area contributed by atoms with Crippen LogP contribution in [0.3, 0.4) is 0 Å². The fraction of sp³-hybridized carbons (Fsp3) is 0.0435. The highest BCUT2D eigenvalue weighted by Crippen LogP contribution is 2.36. The number of halogens is 4. The zero-order valence-electron chi connectivity index (χ0n) is 14.1. The molecular weight excluding hydrogens is 352 g/mol. The van der Waals surface area contributed by atoms with E-state index in [4.69, 9.17) is 0 Å². The Labute approximate surface area is 153 Å². The highest BCUT2D eigenvalue weighted by molar-refractivity contribution is 5.96. The van der Waals surface area contributed by atoms with Gasteiger partial charge in [0.05, 0.1) is 5.56 Å². The van der Waals surface area contributed by atoms with E-state index in [1.54, 1.807) is 66.7 Å². The molecule has 4 aromatic carbocycles. The molecule has 27 heavy (non-hydrogen) atoms. The van der Waals surface area contributed by atoms with Crippen molar-refractivity contribution in [3.05, 3.63) is 107 Å². The average Bonchev–Trinajstić information content (AvgIpc) is 2.71. The molecule has 0 amide bonds. The highest BCUT2D eigenvalue weighted by Gasteiger charge is 2.27. The van der Waals surface area contributed by atoms with Gasteiger partial charge in [-0.15, -0.1) is 0 Å². The van der Waals surface area contributed by atoms with Crippen molar-refractivity contribution in [3.8, 4) is 11.1 Å². The molecule has 0 saturated heterocycles. The zero-order valence-corrected chi connectivity index (χ0v) is 14.1. The summed E-state index contributed by atoms with van der Waals surface area (Å²) in [5.41, 5.74) is -0.613. The van der Waals surface area contributed by atoms with Crippen LogP contribution < -0.4 is 0 Å². The summed E-state index contributed by atoms with van der Waals surface area (Å²) in [6.45, 7) is 0. The molecule has 0 saturated carbocycles. The van der Waals surface area contributed by atoms with E-state index >= 15 is 0 Å². The molecular formula is C23H14F4. The number of hydrogen-bond acceptors (Lipinski definition) is 0. The van der Waals surface area contributed by atoms with Crippen molar-refractivity contribution in [2.24, 2.45) is 0 Å². The molecule has 134 valence electrons. The van der Waals surface area contributed by atoms with Crippen LogP contribution >= 0.6 is 0 Å². The molecule has 0 aliphatic rings. The number of rotatable bonds is 3. The number of hydrogen-bond donors (Lipinski definition) is 0. The summed E-state index contributed by atoms with van der Waals surface area (Å²) in [5.74, 6) is -5.48. The summed E-state index contributed by atoms with van der Waals surface area (Å²) in [4.78, 5) is 0. The molecule has 4 rings (SSSR count). The largest absolute Gasteiger partial charge is 0.203 e. The summed E-state index contributed by atoms with van der Waals surface area (Å²) in [7, 11) is 0. The monoisotopic (exact) mass is 366 g/mol. The molecule has 0 aromatic heterocycles. The smallest absolute Gasteiger partial charge is 0.170 e. The molecule has 0 spiro atoms. The normalized spacial score (nSPS) is 11.1. The first-order valence-corrected chi connectivity index (χ1v) is 8.45. The second kappa shape index (κ2) is 6.88. The quantitative estimate of drug-likeness (QED) is 0.281. The first-order valence-electron chi connectivity index (χ1n) is 8.45. The van der Waals surface area contributed by atoms with Crippen molar-refractivity contribution >= 4 is 10.8 Å². The Morgan fingerprint density at radius 2 is 1.15 bits per heavy atom. The minimum atomic E-state index is -1.38. The molecule has 0 aliphatic heterocycles. The third-order valence-electron chi connectivity index (χ3n) is 4.64. The van der Waals surface area contributed by atoms with Crippen LogP contribution in [-0.2, 0) is 6.42 Å². The van der Waals surface area contributed by atoms with Gasteiger partial charge in [0.1, 0.15) is 0 Å². The summed E-state index contributed by atoms with van der Waals surface area (Å²) in [5, 5.41) is 1.25. The van der Waals surface area contributed by atoms with Crippen molar-refractivity contribution in [1.29, 1.82) is 0 Å². The van der Waals surface area contributed by atoms with E-state index in [0.29, 0.717) is 10.9 Å². The van der Waals surface area contributed by atoms with Crippen molar-refractivity contribution in [1.82, 2.24) is 0 Å². The fourth-order valence-electron chi connectivity index (χ4n) is 3.31. The number of benzene rings is 4. The maximum atomic E-state index is 14.8. The first-order chi connectivity index (χ1) is 13.1. The van der Waals surface area contributed by atoms with E-state index in [2.05, 4.69) is 0 Å². The summed E-state index contributed by atoms with van der Waals surface area (Å²) in [6.07, 6.45) is -0.234. The van der Waals surface area contributed by atoms with Gasteiger partial charge in [-0.3, -0.25) is 0 Å². The lowest BCUT2D eigenvalue weighted by Gasteiger charge is -2.14. The molecule has 0 atom stereocenters. The predicted octanol–water partition coefficient (Wildman–Crippen LogP) is 6.65. The van der Waals surface area contributed by atoms with Crippen LogP contribution in [0.4, 0.5) is 17.6 Å². The molecule has 0 unspecified atom stereocenters. The molecule has 0 heterocycles. The fourth-order valence-corrected chi connectivity index (χ4v) is 3.31. The maximum absolute atomic E-state index is 14.8. The minimum absolute atomic E-state index is 0.118. The van der Waals surface area contributed by atoms with E-state index < -0.39 is 34.4 Å². The molecule has 0 aliphatic carbocycles. The second-order valence-corrected chi connectivity index (χ2v) is 6.30. The van der Waals surface area contributed by atoms with Crippen LogP contribution in [0.2, 0.25) is 0 Å². The van der Waals surface area contributed by atoms with Gasteiger partial charge in [-0.05, 0) is 21.9 Å². The van der Waals surface area contributed by atoms with Gasteiger partial charge in [-0.25, -0.2) is 17.6 Å². The topological polar surface area (TPSA) is 0 Å². The zero-order chi connectivity index (χ0) is 19.0. The van der Waals surface area contributed by atoms with Crippen LogP contribution in [-0.4, -0.2) is 0 Å². The average molecular weight is 366 g/mol. The minimum Gasteiger partial charge on any atom is -0.203 e. The van der Waals surface area contributed by atoms with E-state index in [0.717, 1.165) is 5.39 Å². The van der Waals surface area contributed by atoms with E-state index in [1.807, 2.05) is 0 Å². The van der Waals surface area contributed by atoms with Gasteiger partial charge in [-0.1, -0.05) is 72.8 Å². The lowest BCUT2D eigenvalue weighted by molar-refractivity contribution is 0.446. The SMILES string of the molecule is Fc1c(F)c(-c2cccc3ccccc23)c(F)c(F)c1Cc1ccccc1. The molecule has 4 aromatic rings. The lowest BCUT2D eigenvalue weighted by Crippen LogP contribution is -2.07. The lowest BCUT2D eigenvalue weighted by atomic mass is 9.94. The highest BCUT2D eigenvalue weighted by atomic mass is 19.2. The molecule has 0 fully saturated rings. The summed E-state index contributed by atoms with van der Waals surface area (Å²) in [6, 6.07) is 20.2. The van der Waals surface area contributed by atoms with Gasteiger partial charge < -0.3 is 0 Å². The van der Waals surface area contributed by atoms with Crippen LogP contribution in [0.1, 0.15) is 11.1 Å². The molecule has 4 heteroatoms. The third kappa shape index (κ3) is 2.97. The number of fused-ring (bicyclic) bond motifs is 1. The molecule has 0 nitrogen and oxygen atoms in total. The maximum Gasteiger partial charge on any atom is 0.170 e. The van der Waals surface area contributed by atoms with Gasteiger partial charge in [0.15, 0.2) is 23.3 Å². The standard InChI is InChI=1S/C23H14F4/c24-20-18(13-14-7-2-1-3-8-14)21(25)23(27)19(22(20)26)17-12-6-10-15-9-4-5-11-16(15)17/h1-12H,13H2.